The van der Waals surface area contributed by atoms with E-state index in [2.05, 4.69) is 32.4 Å². The molecular weight excluding hydrogens is 402 g/mol. The largest absolute Gasteiger partial charge is 0.333 e. The molecule has 0 atom stereocenters. The van der Waals surface area contributed by atoms with Crippen LogP contribution >= 0.6 is 0 Å². The van der Waals surface area contributed by atoms with Gasteiger partial charge in [0.1, 0.15) is 6.29 Å². The normalized spacial score (nSPS) is 10.9. The van der Waals surface area contributed by atoms with Crippen LogP contribution in [-0.2, 0) is 13.0 Å². The van der Waals surface area contributed by atoms with Crippen molar-refractivity contribution in [3.63, 3.8) is 0 Å². The zero-order valence-corrected chi connectivity index (χ0v) is 17.1. The molecule has 5 rings (SSSR count). The molecule has 5 aromatic rings. The summed E-state index contributed by atoms with van der Waals surface area (Å²) in [7, 11) is 0. The molecule has 3 heterocycles. The average molecular weight is 421 g/mol. The van der Waals surface area contributed by atoms with Gasteiger partial charge < -0.3 is 4.52 Å². The van der Waals surface area contributed by atoms with E-state index in [9.17, 15) is 4.79 Å². The summed E-state index contributed by atoms with van der Waals surface area (Å²) in [5.41, 5.74) is 5.23. The van der Waals surface area contributed by atoms with E-state index in [0.717, 1.165) is 35.1 Å². The Bertz CT molecular complexity index is 1330. The van der Waals surface area contributed by atoms with Crippen molar-refractivity contribution in [2.75, 3.05) is 0 Å². The van der Waals surface area contributed by atoms with E-state index in [4.69, 9.17) is 4.52 Å². The first-order valence-corrected chi connectivity index (χ1v) is 10.2. The molecule has 156 valence electrons. The molecule has 0 saturated carbocycles. The third-order valence-corrected chi connectivity index (χ3v) is 5.21. The van der Waals surface area contributed by atoms with Gasteiger partial charge in [-0.2, -0.15) is 10.1 Å². The highest BCUT2D eigenvalue weighted by molar-refractivity contribution is 5.78. The summed E-state index contributed by atoms with van der Waals surface area (Å²) in [5, 5.41) is 8.75. The van der Waals surface area contributed by atoms with E-state index in [1.54, 1.807) is 42.9 Å². The summed E-state index contributed by atoms with van der Waals surface area (Å²) >= 11 is 0. The summed E-state index contributed by atoms with van der Waals surface area (Å²) in [4.78, 5) is 19.6. The zero-order chi connectivity index (χ0) is 21.8. The minimum absolute atomic E-state index is 0.386. The number of nitrogens with zero attached hydrogens (tertiary/aromatic N) is 5. The lowest BCUT2D eigenvalue weighted by Crippen LogP contribution is -2.05. The quantitative estimate of drug-likeness (QED) is 0.354. The van der Waals surface area contributed by atoms with E-state index >= 15 is 0 Å². The van der Waals surface area contributed by atoms with Gasteiger partial charge in [-0.15, -0.1) is 0 Å². The van der Waals surface area contributed by atoms with Crippen LogP contribution in [0.1, 0.15) is 15.9 Å². The van der Waals surface area contributed by atoms with Crippen molar-refractivity contribution in [2.45, 2.75) is 13.0 Å². The Morgan fingerprint density at radius 1 is 0.906 bits per heavy atom. The van der Waals surface area contributed by atoms with Crippen LogP contribution in [0.15, 0.2) is 89.8 Å². The molecule has 0 saturated heterocycles. The molecule has 0 aliphatic heterocycles. The molecule has 0 N–H and O–H groups in total. The van der Waals surface area contributed by atoms with Gasteiger partial charge in [0, 0.05) is 35.6 Å². The Labute approximate surface area is 184 Å². The number of hydrogen-bond acceptors (Lipinski definition) is 6. The van der Waals surface area contributed by atoms with Crippen LogP contribution in [0.4, 0.5) is 0 Å². The molecule has 0 radical (unpaired) electrons. The zero-order valence-electron chi connectivity index (χ0n) is 17.1. The van der Waals surface area contributed by atoms with Crippen LogP contribution in [0.2, 0.25) is 0 Å². The number of rotatable bonds is 7. The van der Waals surface area contributed by atoms with E-state index < -0.39 is 0 Å². The van der Waals surface area contributed by atoms with E-state index in [-0.39, 0.29) is 0 Å². The second kappa shape index (κ2) is 8.77. The Morgan fingerprint density at radius 2 is 1.69 bits per heavy atom. The first-order chi connectivity index (χ1) is 15.8. The first-order valence-electron chi connectivity index (χ1n) is 10.2. The molecule has 0 bridgehead atoms. The molecule has 7 heteroatoms. The number of aromatic nitrogens is 5. The van der Waals surface area contributed by atoms with E-state index in [0.29, 0.717) is 23.8 Å². The van der Waals surface area contributed by atoms with E-state index in [1.165, 1.54) is 5.56 Å². The second-order valence-corrected chi connectivity index (χ2v) is 7.26. The fourth-order valence-corrected chi connectivity index (χ4v) is 3.57. The summed E-state index contributed by atoms with van der Waals surface area (Å²) in [5.74, 6) is 0.840. The number of carbonyl (C=O) groups is 1. The van der Waals surface area contributed by atoms with Crippen LogP contribution in [0.5, 0.6) is 0 Å². The van der Waals surface area contributed by atoms with Gasteiger partial charge in [0.15, 0.2) is 0 Å². The fraction of sp³-hybridized carbons (Fsp3) is 0.0800. The maximum Gasteiger partial charge on any atom is 0.262 e. The van der Waals surface area contributed by atoms with Gasteiger partial charge >= 0.3 is 0 Å². The minimum Gasteiger partial charge on any atom is -0.333 e. The van der Waals surface area contributed by atoms with Gasteiger partial charge in [0.2, 0.25) is 5.82 Å². The molecule has 0 aliphatic rings. The van der Waals surface area contributed by atoms with Gasteiger partial charge in [0.25, 0.3) is 5.89 Å². The second-order valence-electron chi connectivity index (χ2n) is 7.26. The molecule has 32 heavy (non-hydrogen) atoms. The Morgan fingerprint density at radius 3 is 2.44 bits per heavy atom. The summed E-state index contributed by atoms with van der Waals surface area (Å²) < 4.78 is 7.56. The number of benzene rings is 2. The van der Waals surface area contributed by atoms with Crippen molar-refractivity contribution in [3.8, 4) is 34.1 Å². The van der Waals surface area contributed by atoms with Crippen LogP contribution < -0.4 is 0 Å². The van der Waals surface area contributed by atoms with Crippen LogP contribution in [0.3, 0.4) is 0 Å². The lowest BCUT2D eigenvalue weighted by molar-refractivity contribution is 0.112. The summed E-state index contributed by atoms with van der Waals surface area (Å²) in [6, 6.07) is 21.2. The van der Waals surface area contributed by atoms with Gasteiger partial charge in [-0.3, -0.25) is 14.5 Å². The van der Waals surface area contributed by atoms with Gasteiger partial charge in [-0.1, -0.05) is 59.8 Å². The van der Waals surface area contributed by atoms with Crippen LogP contribution in [0.25, 0.3) is 34.1 Å². The van der Waals surface area contributed by atoms with Crippen LogP contribution in [-0.4, -0.2) is 31.2 Å². The standard InChI is InChI=1S/C25H19N5O2/c31-17-19-6-8-21(9-7-19)24-28-25(32-29-24)22-16-27-30(15-12-18-4-2-1-3-5-18)23(22)20-10-13-26-14-11-20/h1-11,13-14,16-17H,12,15H2. The highest BCUT2D eigenvalue weighted by Crippen LogP contribution is 2.32. The highest BCUT2D eigenvalue weighted by Gasteiger charge is 2.20. The third-order valence-electron chi connectivity index (χ3n) is 5.21. The highest BCUT2D eigenvalue weighted by atomic mass is 16.5. The van der Waals surface area contributed by atoms with Crippen molar-refractivity contribution >= 4 is 6.29 Å². The Hall–Kier alpha value is -4.39. The molecule has 0 aliphatic carbocycles. The Balaban J connectivity index is 1.50. The van der Waals surface area contributed by atoms with Crippen LogP contribution in [0, 0.1) is 0 Å². The van der Waals surface area contributed by atoms with E-state index in [1.807, 2.05) is 35.0 Å². The number of pyridine rings is 1. The van der Waals surface area contributed by atoms with Crippen molar-refractivity contribution in [2.24, 2.45) is 0 Å². The molecule has 0 unspecified atom stereocenters. The lowest BCUT2D eigenvalue weighted by Gasteiger charge is -2.09. The number of aryl methyl sites for hydroxylation is 2. The molecule has 0 amide bonds. The lowest BCUT2D eigenvalue weighted by atomic mass is 10.1. The molecule has 3 aromatic heterocycles. The SMILES string of the molecule is O=Cc1ccc(-c2noc(-c3cnn(CCc4ccccc4)c3-c3ccncc3)n2)cc1. The Kier molecular flexibility index (Phi) is 5.36. The van der Waals surface area contributed by atoms with Crippen molar-refractivity contribution < 1.29 is 9.32 Å². The maximum atomic E-state index is 10.9. The predicted octanol–water partition coefficient (Wildman–Crippen LogP) is 4.72. The topological polar surface area (TPSA) is 86.7 Å². The average Bonchev–Trinajstić information content (AvgIpc) is 3.51. The van der Waals surface area contributed by atoms with Gasteiger partial charge in [-0.05, 0) is 24.1 Å². The fourth-order valence-electron chi connectivity index (χ4n) is 3.57. The monoisotopic (exact) mass is 421 g/mol. The molecular formula is C25H19N5O2. The molecule has 0 spiro atoms. The smallest absolute Gasteiger partial charge is 0.262 e. The minimum atomic E-state index is 0.386. The molecule has 7 nitrogen and oxygen atoms in total. The molecule has 0 fully saturated rings. The van der Waals surface area contributed by atoms with Crippen molar-refractivity contribution in [1.82, 2.24) is 24.9 Å². The third kappa shape index (κ3) is 3.96. The van der Waals surface area contributed by atoms with Crippen molar-refractivity contribution in [3.05, 3.63) is 96.4 Å². The van der Waals surface area contributed by atoms with Crippen molar-refractivity contribution in [1.29, 1.82) is 0 Å². The predicted molar refractivity (Wildman–Crippen MR) is 120 cm³/mol. The summed E-state index contributed by atoms with van der Waals surface area (Å²) in [6.07, 6.45) is 6.91. The first kappa shape index (κ1) is 19.6. The van der Waals surface area contributed by atoms with Gasteiger partial charge in [-0.25, -0.2) is 0 Å². The maximum absolute atomic E-state index is 10.9. The number of hydrogen-bond donors (Lipinski definition) is 0. The molecule has 2 aromatic carbocycles. The number of aldehydes is 1. The number of carbonyl (C=O) groups excluding carboxylic acids is 1. The van der Waals surface area contributed by atoms with Gasteiger partial charge in [0.05, 0.1) is 17.5 Å². The summed E-state index contributed by atoms with van der Waals surface area (Å²) in [6.45, 7) is 0.704.